The number of thioether (sulfide) groups is 1. The number of hydrogen-bond acceptors (Lipinski definition) is 5. The average Bonchev–Trinajstić information content (AvgIpc) is 3.13. The van der Waals surface area contributed by atoms with Gasteiger partial charge in [-0.05, 0) is 46.3 Å². The molecule has 1 N–H and O–H groups in total. The van der Waals surface area contributed by atoms with Crippen LogP contribution in [0.5, 0.6) is 5.75 Å². The molecule has 1 aliphatic heterocycles. The van der Waals surface area contributed by atoms with Crippen LogP contribution in [0.15, 0.2) is 64.0 Å². The van der Waals surface area contributed by atoms with Crippen LogP contribution in [-0.2, 0) is 9.47 Å². The predicted octanol–water partition coefficient (Wildman–Crippen LogP) is 4.91. The molecule has 1 saturated heterocycles. The molecule has 25 heavy (non-hydrogen) atoms. The maximum Gasteiger partial charge on any atom is 0.201 e. The van der Waals surface area contributed by atoms with Gasteiger partial charge in [-0.1, -0.05) is 24.3 Å². The number of nitrogens with zero attached hydrogens (tertiary/aromatic N) is 1. The molecular formula is C19H16BrNO3S. The fourth-order valence-corrected chi connectivity index (χ4v) is 4.04. The van der Waals surface area contributed by atoms with Crippen molar-refractivity contribution in [3.8, 4) is 5.75 Å². The van der Waals surface area contributed by atoms with Crippen LogP contribution < -0.4 is 0 Å². The molecule has 2 heterocycles. The van der Waals surface area contributed by atoms with Gasteiger partial charge in [0, 0.05) is 16.0 Å². The normalized spacial score (nSPS) is 20.2. The first-order valence-corrected chi connectivity index (χ1v) is 9.71. The van der Waals surface area contributed by atoms with Gasteiger partial charge >= 0.3 is 0 Å². The van der Waals surface area contributed by atoms with Crippen LogP contribution in [0.3, 0.4) is 0 Å². The van der Waals surface area contributed by atoms with Crippen LogP contribution in [-0.4, -0.2) is 28.6 Å². The monoisotopic (exact) mass is 417 g/mol. The number of fused-ring (bicyclic) bond motifs is 1. The zero-order chi connectivity index (χ0) is 17.2. The smallest absolute Gasteiger partial charge is 0.201 e. The van der Waals surface area contributed by atoms with E-state index >= 15 is 0 Å². The lowest BCUT2D eigenvalue weighted by Gasteiger charge is -2.12. The van der Waals surface area contributed by atoms with Crippen molar-refractivity contribution in [1.29, 1.82) is 0 Å². The molecule has 0 bridgehead atoms. The second-order valence-corrected chi connectivity index (χ2v) is 7.64. The van der Waals surface area contributed by atoms with Crippen LogP contribution in [0.2, 0.25) is 0 Å². The average molecular weight is 418 g/mol. The largest absolute Gasteiger partial charge is 0.507 e. The highest BCUT2D eigenvalue weighted by Gasteiger charge is 2.28. The van der Waals surface area contributed by atoms with E-state index in [1.807, 2.05) is 36.4 Å². The predicted molar refractivity (Wildman–Crippen MR) is 102 cm³/mol. The summed E-state index contributed by atoms with van der Waals surface area (Å²) in [7, 11) is 0. The van der Waals surface area contributed by atoms with Gasteiger partial charge < -0.3 is 14.6 Å². The van der Waals surface area contributed by atoms with Crippen LogP contribution in [0, 0.1) is 0 Å². The summed E-state index contributed by atoms with van der Waals surface area (Å²) >= 11 is 5.14. The summed E-state index contributed by atoms with van der Waals surface area (Å²) in [6.45, 7) is 0.547. The Balaban J connectivity index is 1.46. The summed E-state index contributed by atoms with van der Waals surface area (Å²) in [6.07, 6.45) is -0.444. The Kier molecular flexibility index (Phi) is 4.94. The van der Waals surface area contributed by atoms with E-state index in [2.05, 4.69) is 33.0 Å². The number of ether oxygens (including phenoxy) is 2. The maximum atomic E-state index is 9.84. The third kappa shape index (κ3) is 3.67. The second kappa shape index (κ2) is 7.33. The first-order valence-electron chi connectivity index (χ1n) is 7.94. The molecule has 2 atom stereocenters. The quantitative estimate of drug-likeness (QED) is 0.611. The number of rotatable bonds is 4. The molecule has 4 rings (SSSR count). The van der Waals surface area contributed by atoms with E-state index in [-0.39, 0.29) is 11.9 Å². The lowest BCUT2D eigenvalue weighted by atomic mass is 10.2. The van der Waals surface area contributed by atoms with E-state index in [9.17, 15) is 5.11 Å². The van der Waals surface area contributed by atoms with Gasteiger partial charge in [0.1, 0.15) is 5.75 Å². The molecule has 6 heteroatoms. The molecule has 3 aromatic rings. The third-order valence-electron chi connectivity index (χ3n) is 3.97. The standard InChI is InChI=1S/C19H16BrNO3S/c20-17-16(22)9-7-12-6-8-15(21-18(12)17)19-23-10-13(24-19)11-25-14-4-2-1-3-5-14/h1-9,13,19,22H,10-11H2. The molecule has 2 unspecified atom stereocenters. The van der Waals surface area contributed by atoms with Gasteiger partial charge in [-0.2, -0.15) is 0 Å². The Morgan fingerprint density at radius 2 is 1.92 bits per heavy atom. The summed E-state index contributed by atoms with van der Waals surface area (Å²) < 4.78 is 12.4. The zero-order valence-electron chi connectivity index (χ0n) is 13.3. The van der Waals surface area contributed by atoms with Crippen LogP contribution >= 0.6 is 27.7 Å². The van der Waals surface area contributed by atoms with Crippen molar-refractivity contribution in [2.45, 2.75) is 17.3 Å². The summed E-state index contributed by atoms with van der Waals surface area (Å²) in [6, 6.07) is 17.6. The number of phenolic OH excluding ortho intramolecular Hbond substituents is 1. The van der Waals surface area contributed by atoms with Crippen LogP contribution in [0.4, 0.5) is 0 Å². The topological polar surface area (TPSA) is 51.6 Å². The summed E-state index contributed by atoms with van der Waals surface area (Å²) in [5, 5.41) is 10.8. The Hall–Kier alpha value is -1.60. The fraction of sp³-hybridized carbons (Fsp3) is 0.211. The van der Waals surface area contributed by atoms with Gasteiger partial charge in [0.15, 0.2) is 0 Å². The van der Waals surface area contributed by atoms with Crippen molar-refractivity contribution in [2.75, 3.05) is 12.4 Å². The van der Waals surface area contributed by atoms with Gasteiger partial charge in [0.2, 0.25) is 6.29 Å². The van der Waals surface area contributed by atoms with Gasteiger partial charge in [-0.25, -0.2) is 4.98 Å². The van der Waals surface area contributed by atoms with Crippen molar-refractivity contribution in [2.24, 2.45) is 0 Å². The number of benzene rings is 2. The molecule has 2 aromatic carbocycles. The SMILES string of the molecule is Oc1ccc2ccc(C3OCC(CSc4ccccc4)O3)nc2c1Br. The Bertz CT molecular complexity index is 890. The van der Waals surface area contributed by atoms with Crippen molar-refractivity contribution in [3.63, 3.8) is 0 Å². The first kappa shape index (κ1) is 16.8. The lowest BCUT2D eigenvalue weighted by Crippen LogP contribution is -2.13. The van der Waals surface area contributed by atoms with Crippen LogP contribution in [0.1, 0.15) is 12.0 Å². The Morgan fingerprint density at radius 1 is 1.12 bits per heavy atom. The van der Waals surface area contributed by atoms with E-state index in [1.165, 1.54) is 4.90 Å². The summed E-state index contributed by atoms with van der Waals surface area (Å²) in [4.78, 5) is 5.83. The van der Waals surface area contributed by atoms with Gasteiger partial charge in [0.05, 0.1) is 28.4 Å². The number of hydrogen-bond donors (Lipinski definition) is 1. The Morgan fingerprint density at radius 3 is 2.76 bits per heavy atom. The Labute approximate surface area is 158 Å². The molecule has 1 aromatic heterocycles. The molecule has 4 nitrogen and oxygen atoms in total. The minimum Gasteiger partial charge on any atom is -0.507 e. The molecule has 0 saturated carbocycles. The highest BCUT2D eigenvalue weighted by molar-refractivity contribution is 9.10. The number of aromatic hydroxyl groups is 1. The van der Waals surface area contributed by atoms with Gasteiger partial charge in [-0.3, -0.25) is 0 Å². The van der Waals surface area contributed by atoms with Crippen molar-refractivity contribution < 1.29 is 14.6 Å². The lowest BCUT2D eigenvalue weighted by molar-refractivity contribution is -0.0593. The minimum absolute atomic E-state index is 0.0281. The van der Waals surface area contributed by atoms with Crippen molar-refractivity contribution in [3.05, 3.63) is 64.8 Å². The number of phenols is 1. The highest BCUT2D eigenvalue weighted by Crippen LogP contribution is 2.34. The molecule has 0 aliphatic carbocycles. The van der Waals surface area contributed by atoms with E-state index in [4.69, 9.17) is 9.47 Å². The van der Waals surface area contributed by atoms with Crippen molar-refractivity contribution in [1.82, 2.24) is 4.98 Å². The zero-order valence-corrected chi connectivity index (χ0v) is 15.7. The van der Waals surface area contributed by atoms with E-state index < -0.39 is 6.29 Å². The molecular weight excluding hydrogens is 402 g/mol. The summed E-state index contributed by atoms with van der Waals surface area (Å²) in [5.74, 6) is 1.00. The molecule has 0 spiro atoms. The minimum atomic E-state index is -0.472. The number of aromatic nitrogens is 1. The molecule has 0 radical (unpaired) electrons. The summed E-state index contributed by atoms with van der Waals surface area (Å²) in [5.41, 5.74) is 1.41. The van der Waals surface area contributed by atoms with E-state index in [0.29, 0.717) is 22.3 Å². The molecule has 0 amide bonds. The second-order valence-electron chi connectivity index (χ2n) is 5.75. The van der Waals surface area contributed by atoms with Gasteiger partial charge in [-0.15, -0.1) is 11.8 Å². The van der Waals surface area contributed by atoms with Gasteiger partial charge in [0.25, 0.3) is 0 Å². The van der Waals surface area contributed by atoms with E-state index in [1.54, 1.807) is 17.8 Å². The first-order chi connectivity index (χ1) is 12.2. The molecule has 1 fully saturated rings. The van der Waals surface area contributed by atoms with E-state index in [0.717, 1.165) is 11.1 Å². The third-order valence-corrected chi connectivity index (χ3v) is 5.90. The number of halogens is 1. The molecule has 128 valence electrons. The highest BCUT2D eigenvalue weighted by atomic mass is 79.9. The van der Waals surface area contributed by atoms with Crippen molar-refractivity contribution >= 4 is 38.6 Å². The number of pyridine rings is 1. The molecule has 1 aliphatic rings. The fourth-order valence-electron chi connectivity index (χ4n) is 2.69. The van der Waals surface area contributed by atoms with Crippen LogP contribution in [0.25, 0.3) is 10.9 Å². The maximum absolute atomic E-state index is 9.84.